The van der Waals surface area contributed by atoms with Crippen LogP contribution in [0.1, 0.15) is 98.3 Å². The Morgan fingerprint density at radius 3 is 2.12 bits per heavy atom. The fourth-order valence-corrected chi connectivity index (χ4v) is 6.94. The molecule has 33 heavy (non-hydrogen) atoms. The lowest BCUT2D eigenvalue weighted by atomic mass is 9.54. The molecule has 0 N–H and O–H groups in total. The highest BCUT2D eigenvalue weighted by Gasteiger charge is 2.66. The van der Waals surface area contributed by atoms with Crippen LogP contribution in [-0.2, 0) is 14.3 Å². The first kappa shape index (κ1) is 26.3. The lowest BCUT2D eigenvalue weighted by Crippen LogP contribution is -2.63. The molecular formula is C30H48O3. The van der Waals surface area contributed by atoms with Crippen LogP contribution < -0.4 is 0 Å². The largest absolute Gasteiger partial charge is 0.455 e. The van der Waals surface area contributed by atoms with Crippen LogP contribution in [-0.4, -0.2) is 24.3 Å². The van der Waals surface area contributed by atoms with Gasteiger partial charge in [0.15, 0.2) is 0 Å². The first-order chi connectivity index (χ1) is 15.7. The minimum Gasteiger partial charge on any atom is -0.455 e. The van der Waals surface area contributed by atoms with Crippen molar-refractivity contribution in [1.82, 2.24) is 0 Å². The summed E-state index contributed by atoms with van der Waals surface area (Å²) in [7, 11) is 0. The number of allylic oxidation sites excluding steroid dienone is 2. The summed E-state index contributed by atoms with van der Waals surface area (Å²) >= 11 is 0. The summed E-state index contributed by atoms with van der Waals surface area (Å²) in [5.41, 5.74) is 3.45. The molecule has 1 heterocycles. The predicted octanol–water partition coefficient (Wildman–Crippen LogP) is 7.81. The summed E-state index contributed by atoms with van der Waals surface area (Å²) in [5, 5.41) is 0. The van der Waals surface area contributed by atoms with Crippen LogP contribution in [0.2, 0.25) is 0 Å². The Morgan fingerprint density at radius 1 is 0.879 bits per heavy atom. The minimum atomic E-state index is -0.408. The molecule has 0 bridgehead atoms. The molecule has 0 aromatic heterocycles. The fraction of sp³-hybridized carbons (Fsp3) is 0.767. The summed E-state index contributed by atoms with van der Waals surface area (Å²) in [6.07, 6.45) is 12.1. The van der Waals surface area contributed by atoms with E-state index in [0.717, 1.165) is 64.2 Å². The van der Waals surface area contributed by atoms with Crippen molar-refractivity contribution in [3.63, 3.8) is 0 Å². The van der Waals surface area contributed by atoms with Crippen LogP contribution in [0.5, 0.6) is 0 Å². The van der Waals surface area contributed by atoms with Crippen molar-refractivity contribution in [2.75, 3.05) is 6.61 Å². The zero-order chi connectivity index (χ0) is 24.2. The summed E-state index contributed by atoms with van der Waals surface area (Å²) in [5.74, 6) is 1.74. The molecule has 1 spiro atoms. The maximum atomic E-state index is 12.7. The van der Waals surface area contributed by atoms with E-state index in [-0.39, 0.29) is 18.0 Å². The Bertz CT molecular complexity index is 737. The zero-order valence-electron chi connectivity index (χ0n) is 21.8. The third-order valence-electron chi connectivity index (χ3n) is 8.87. The van der Waals surface area contributed by atoms with Gasteiger partial charge in [-0.1, -0.05) is 50.6 Å². The van der Waals surface area contributed by atoms with Crippen LogP contribution in [0, 0.1) is 29.6 Å². The monoisotopic (exact) mass is 456 g/mol. The molecule has 0 amide bonds. The molecule has 3 aliphatic rings. The van der Waals surface area contributed by atoms with Crippen LogP contribution in [0.4, 0.5) is 0 Å². The summed E-state index contributed by atoms with van der Waals surface area (Å²) in [6, 6.07) is 0. The second-order valence-corrected chi connectivity index (χ2v) is 11.6. The van der Waals surface area contributed by atoms with Crippen LogP contribution in [0.25, 0.3) is 0 Å². The topological polar surface area (TPSA) is 35.5 Å². The van der Waals surface area contributed by atoms with Gasteiger partial charge in [0, 0.05) is 11.8 Å². The molecule has 186 valence electrons. The predicted molar refractivity (Wildman–Crippen MR) is 137 cm³/mol. The molecule has 7 atom stereocenters. The lowest BCUT2D eigenvalue weighted by Gasteiger charge is -2.56. The molecule has 3 heteroatoms. The smallest absolute Gasteiger partial charge is 0.309 e. The number of rotatable bonds is 12. The van der Waals surface area contributed by atoms with Gasteiger partial charge in [-0.2, -0.15) is 0 Å². The molecule has 3 fully saturated rings. The van der Waals surface area contributed by atoms with Crippen molar-refractivity contribution in [3.8, 4) is 0 Å². The van der Waals surface area contributed by atoms with Crippen molar-refractivity contribution < 1.29 is 14.3 Å². The molecule has 3 rings (SSSR count). The quantitative estimate of drug-likeness (QED) is 0.222. The highest BCUT2D eigenvalue weighted by atomic mass is 16.6. The number of esters is 1. The second-order valence-electron chi connectivity index (χ2n) is 11.6. The van der Waals surface area contributed by atoms with Crippen molar-refractivity contribution in [3.05, 3.63) is 36.5 Å². The second kappa shape index (κ2) is 11.4. The molecule has 0 aromatic rings. The van der Waals surface area contributed by atoms with E-state index in [9.17, 15) is 4.79 Å². The van der Waals surface area contributed by atoms with Gasteiger partial charge in [-0.05, 0) is 89.4 Å². The van der Waals surface area contributed by atoms with E-state index in [1.165, 1.54) is 23.1 Å². The van der Waals surface area contributed by atoms with Crippen molar-refractivity contribution in [1.29, 1.82) is 0 Å². The van der Waals surface area contributed by atoms with E-state index < -0.39 is 5.60 Å². The third kappa shape index (κ3) is 5.84. The maximum Gasteiger partial charge on any atom is 0.309 e. The van der Waals surface area contributed by atoms with Crippen molar-refractivity contribution >= 4 is 5.97 Å². The Kier molecular flexibility index (Phi) is 9.06. The minimum absolute atomic E-state index is 0.00476. The van der Waals surface area contributed by atoms with Gasteiger partial charge in [0.25, 0.3) is 0 Å². The van der Waals surface area contributed by atoms with E-state index in [1.54, 1.807) is 0 Å². The van der Waals surface area contributed by atoms with E-state index in [2.05, 4.69) is 47.4 Å². The number of carbonyl (C=O) groups excluding carboxylic acids is 1. The summed E-state index contributed by atoms with van der Waals surface area (Å²) in [6.45, 7) is 22.0. The van der Waals surface area contributed by atoms with Crippen LogP contribution in [0.3, 0.4) is 0 Å². The lowest BCUT2D eigenvalue weighted by molar-refractivity contribution is -0.224. The van der Waals surface area contributed by atoms with Gasteiger partial charge >= 0.3 is 5.97 Å². The van der Waals surface area contributed by atoms with E-state index >= 15 is 0 Å². The number of hydrogen-bond acceptors (Lipinski definition) is 3. The van der Waals surface area contributed by atoms with Crippen LogP contribution in [0.15, 0.2) is 36.5 Å². The number of carbonyl (C=O) groups is 1. The molecule has 1 saturated heterocycles. The first-order valence-electron chi connectivity index (χ1n) is 13.5. The van der Waals surface area contributed by atoms with Crippen LogP contribution >= 0.6 is 0 Å². The molecule has 1 aliphatic heterocycles. The van der Waals surface area contributed by atoms with Gasteiger partial charge in [0.05, 0.1) is 12.5 Å². The molecule has 0 aromatic carbocycles. The highest BCUT2D eigenvalue weighted by molar-refractivity contribution is 5.76. The van der Waals surface area contributed by atoms with E-state index in [4.69, 9.17) is 9.47 Å². The number of ether oxygens (including phenoxy) is 2. The standard InChI is InChI=1S/C30H48O3/c1-20(2)10-8-11-21(3)12-9-13-22(4)18-19-32-28-24(6)15-16-26-23(5)14-17-27-25(7)29(31)33-30(26,27)28/h23-28H,1,3-4,8-19H2,2,5-7H3/t23-,24+,25-,26+,27+,28-,30-/m0/s1. The van der Waals surface area contributed by atoms with Gasteiger partial charge in [-0.25, -0.2) is 0 Å². The average molecular weight is 457 g/mol. The van der Waals surface area contributed by atoms with E-state index in [1.807, 2.05) is 0 Å². The van der Waals surface area contributed by atoms with Crippen molar-refractivity contribution in [2.45, 2.75) is 110 Å². The maximum absolute atomic E-state index is 12.7. The van der Waals surface area contributed by atoms with Gasteiger partial charge in [0.2, 0.25) is 0 Å². The normalized spacial score (nSPS) is 35.5. The zero-order valence-corrected chi connectivity index (χ0v) is 21.8. The summed E-state index contributed by atoms with van der Waals surface area (Å²) in [4.78, 5) is 12.7. The molecular weight excluding hydrogens is 408 g/mol. The first-order valence-corrected chi connectivity index (χ1v) is 13.5. The van der Waals surface area contributed by atoms with Gasteiger partial charge < -0.3 is 9.47 Å². The average Bonchev–Trinajstić information content (AvgIpc) is 2.99. The van der Waals surface area contributed by atoms with Gasteiger partial charge in [-0.3, -0.25) is 4.79 Å². The Hall–Kier alpha value is -1.35. The van der Waals surface area contributed by atoms with E-state index in [0.29, 0.717) is 30.3 Å². The SMILES string of the molecule is C=C(C)CCCC(=C)CCCC(=C)CCO[C@H]1[C@H](C)CC[C@@H]2[C@@H](C)CC[C@@H]3[C@H](C)C(=O)O[C@]321. The third-order valence-corrected chi connectivity index (χ3v) is 8.87. The van der Waals surface area contributed by atoms with Gasteiger partial charge in [0.1, 0.15) is 11.7 Å². The Morgan fingerprint density at radius 2 is 1.45 bits per heavy atom. The molecule has 3 nitrogen and oxygen atoms in total. The Balaban J connectivity index is 1.49. The van der Waals surface area contributed by atoms with Crippen molar-refractivity contribution in [2.24, 2.45) is 29.6 Å². The fourth-order valence-electron chi connectivity index (χ4n) is 6.94. The highest BCUT2D eigenvalue weighted by Crippen LogP contribution is 2.59. The molecule has 0 unspecified atom stereocenters. The number of hydrogen-bond donors (Lipinski definition) is 0. The summed E-state index contributed by atoms with van der Waals surface area (Å²) < 4.78 is 12.9. The molecule has 2 aliphatic carbocycles. The van der Waals surface area contributed by atoms with Gasteiger partial charge in [-0.15, -0.1) is 6.58 Å². The molecule has 2 saturated carbocycles. The Labute approximate surface area is 203 Å². The molecule has 0 radical (unpaired) electrons.